The van der Waals surface area contributed by atoms with Gasteiger partial charge < -0.3 is 36.9 Å². The van der Waals surface area contributed by atoms with Gasteiger partial charge in [0.05, 0.1) is 19.0 Å². The number of aromatic nitrogens is 2. The molecule has 0 aliphatic heterocycles. The highest BCUT2D eigenvalue weighted by atomic mass is 32.1. The number of hydrogen-bond donors (Lipinski definition) is 8. The van der Waals surface area contributed by atoms with Gasteiger partial charge in [-0.1, -0.05) is 0 Å². The summed E-state index contributed by atoms with van der Waals surface area (Å²) < 4.78 is 0. The van der Waals surface area contributed by atoms with Gasteiger partial charge in [0.2, 0.25) is 17.7 Å². The van der Waals surface area contributed by atoms with E-state index in [2.05, 4.69) is 33.2 Å². The molecule has 1 aromatic heterocycles. The second-order valence-corrected chi connectivity index (χ2v) is 5.85. The number of hydrogen-bond acceptors (Lipinski definition) is 8. The first kappa shape index (κ1) is 22.4. The Bertz CT molecular complexity index is 655. The summed E-state index contributed by atoms with van der Waals surface area (Å²) in [6, 6.07) is -3.45. The number of aliphatic hydroxyl groups excluding tert-OH is 1. The maximum absolute atomic E-state index is 12.2. The number of carbonyl (C=O) groups is 4. The highest BCUT2D eigenvalue weighted by molar-refractivity contribution is 7.80. The predicted octanol–water partition coefficient (Wildman–Crippen LogP) is -3.63. The van der Waals surface area contributed by atoms with Crippen molar-refractivity contribution in [3.8, 4) is 0 Å². The van der Waals surface area contributed by atoms with Crippen molar-refractivity contribution in [1.29, 1.82) is 0 Å². The lowest BCUT2D eigenvalue weighted by Crippen LogP contribution is -2.57. The molecule has 8 N–H and O–H groups in total. The van der Waals surface area contributed by atoms with Crippen LogP contribution in [0.5, 0.6) is 0 Å². The smallest absolute Gasteiger partial charge is 0.322 e. The van der Waals surface area contributed by atoms with Gasteiger partial charge in [0.15, 0.2) is 0 Å². The summed E-state index contributed by atoms with van der Waals surface area (Å²) in [4.78, 5) is 53.2. The number of rotatable bonds is 11. The van der Waals surface area contributed by atoms with Gasteiger partial charge in [-0.2, -0.15) is 12.6 Å². The number of H-pyrrole nitrogens is 1. The molecule has 0 aliphatic rings. The molecule has 0 saturated heterocycles. The van der Waals surface area contributed by atoms with E-state index < -0.39 is 55.0 Å². The van der Waals surface area contributed by atoms with Crippen LogP contribution in [0.25, 0.3) is 0 Å². The Morgan fingerprint density at radius 1 is 1.19 bits per heavy atom. The van der Waals surface area contributed by atoms with E-state index in [4.69, 9.17) is 10.8 Å². The number of carboxylic acids is 1. The normalized spacial score (nSPS) is 13.9. The lowest BCUT2D eigenvalue weighted by molar-refractivity contribution is -0.138. The minimum absolute atomic E-state index is 0.0940. The monoisotopic (exact) mass is 402 g/mol. The number of carbonyl (C=O) groups excluding carboxylic acids is 3. The number of imidazole rings is 1. The van der Waals surface area contributed by atoms with Crippen molar-refractivity contribution in [1.82, 2.24) is 25.9 Å². The van der Waals surface area contributed by atoms with E-state index in [0.29, 0.717) is 5.69 Å². The maximum Gasteiger partial charge on any atom is 0.322 e. The van der Waals surface area contributed by atoms with E-state index in [0.717, 1.165) is 0 Å². The molecule has 3 unspecified atom stereocenters. The van der Waals surface area contributed by atoms with Gasteiger partial charge in [0, 0.05) is 24.1 Å². The van der Waals surface area contributed by atoms with Crippen molar-refractivity contribution < 1.29 is 29.4 Å². The van der Waals surface area contributed by atoms with Crippen LogP contribution in [0.3, 0.4) is 0 Å². The number of aromatic amines is 1. The summed E-state index contributed by atoms with van der Waals surface area (Å²) in [5.74, 6) is -3.65. The van der Waals surface area contributed by atoms with Crippen LogP contribution in [0.4, 0.5) is 0 Å². The molecule has 12 nitrogen and oxygen atoms in total. The minimum atomic E-state index is -1.38. The number of nitrogens with zero attached hydrogens (tertiary/aromatic N) is 1. The molecule has 0 saturated carbocycles. The third-order valence-electron chi connectivity index (χ3n) is 3.38. The van der Waals surface area contributed by atoms with Crippen LogP contribution in [-0.2, 0) is 25.6 Å². The number of nitrogens with two attached hydrogens (primary N) is 1. The Kier molecular flexibility index (Phi) is 9.25. The molecule has 3 atom stereocenters. The Morgan fingerprint density at radius 3 is 2.37 bits per heavy atom. The van der Waals surface area contributed by atoms with Crippen LogP contribution < -0.4 is 21.7 Å². The molecule has 0 radical (unpaired) electrons. The molecule has 0 bridgehead atoms. The number of thiol groups is 1. The summed E-state index contributed by atoms with van der Waals surface area (Å²) in [6.07, 6.45) is 3.12. The van der Waals surface area contributed by atoms with Crippen molar-refractivity contribution in [2.75, 3.05) is 18.9 Å². The molecule has 27 heavy (non-hydrogen) atoms. The Labute approximate surface area is 159 Å². The van der Waals surface area contributed by atoms with Gasteiger partial charge in [0.1, 0.15) is 18.6 Å². The van der Waals surface area contributed by atoms with E-state index in [1.165, 1.54) is 12.5 Å². The minimum Gasteiger partial charge on any atom is -0.480 e. The molecule has 1 aromatic rings. The standard InChI is InChI=1S/C14H22N6O6S/c15-8(1-7-2-16-6-18-7)12(24)20-10(5-27)14(26)19-9(4-21)13(25)17-3-11(22)23/h2,6,8-10,21,27H,1,3-5,15H2,(H,16,18)(H,17,25)(H,19,26)(H,20,24)(H,22,23). The molecule has 0 fully saturated rings. The highest BCUT2D eigenvalue weighted by Gasteiger charge is 2.27. The van der Waals surface area contributed by atoms with Crippen LogP contribution >= 0.6 is 12.6 Å². The van der Waals surface area contributed by atoms with Gasteiger partial charge in [-0.15, -0.1) is 0 Å². The summed E-state index contributed by atoms with van der Waals surface area (Å²) in [6.45, 7) is -1.43. The first-order chi connectivity index (χ1) is 12.8. The third kappa shape index (κ3) is 7.64. The zero-order chi connectivity index (χ0) is 20.4. The van der Waals surface area contributed by atoms with Gasteiger partial charge in [0.25, 0.3) is 0 Å². The lowest BCUT2D eigenvalue weighted by Gasteiger charge is -2.22. The molecule has 1 heterocycles. The summed E-state index contributed by atoms with van der Waals surface area (Å²) in [5.41, 5.74) is 6.42. The van der Waals surface area contributed by atoms with Crippen molar-refractivity contribution in [2.45, 2.75) is 24.5 Å². The van der Waals surface area contributed by atoms with E-state index in [9.17, 15) is 24.3 Å². The summed E-state index contributed by atoms with van der Waals surface area (Å²) >= 11 is 3.99. The average Bonchev–Trinajstić information content (AvgIpc) is 3.14. The first-order valence-corrected chi connectivity index (χ1v) is 8.46. The largest absolute Gasteiger partial charge is 0.480 e. The quantitative estimate of drug-likeness (QED) is 0.173. The molecule has 13 heteroatoms. The van der Waals surface area contributed by atoms with Crippen LogP contribution in [0.2, 0.25) is 0 Å². The fourth-order valence-corrected chi connectivity index (χ4v) is 2.21. The van der Waals surface area contributed by atoms with Gasteiger partial charge in [-0.05, 0) is 0 Å². The van der Waals surface area contributed by atoms with Crippen LogP contribution in [0, 0.1) is 0 Å². The highest BCUT2D eigenvalue weighted by Crippen LogP contribution is 1.98. The zero-order valence-corrected chi connectivity index (χ0v) is 15.1. The number of aliphatic hydroxyl groups is 1. The molecular formula is C14H22N6O6S. The van der Waals surface area contributed by atoms with Crippen molar-refractivity contribution in [3.05, 3.63) is 18.2 Å². The number of aliphatic carboxylic acids is 1. The van der Waals surface area contributed by atoms with E-state index >= 15 is 0 Å². The SMILES string of the molecule is NC(Cc1cnc[nH]1)C(=O)NC(CS)C(=O)NC(CO)C(=O)NCC(=O)O. The second kappa shape index (κ2) is 11.2. The van der Waals surface area contributed by atoms with Crippen molar-refractivity contribution >= 4 is 36.3 Å². The predicted molar refractivity (Wildman–Crippen MR) is 95.7 cm³/mol. The van der Waals surface area contributed by atoms with Gasteiger partial charge in [-0.3, -0.25) is 19.2 Å². The van der Waals surface area contributed by atoms with Crippen LogP contribution in [-0.4, -0.2) is 80.9 Å². The Balaban J connectivity index is 2.59. The molecular weight excluding hydrogens is 380 g/mol. The average molecular weight is 402 g/mol. The molecule has 0 aromatic carbocycles. The van der Waals surface area contributed by atoms with Crippen molar-refractivity contribution in [3.63, 3.8) is 0 Å². The molecule has 0 aliphatic carbocycles. The summed E-state index contributed by atoms with van der Waals surface area (Å²) in [7, 11) is 0. The van der Waals surface area contributed by atoms with Crippen molar-refractivity contribution in [2.24, 2.45) is 5.73 Å². The molecule has 150 valence electrons. The van der Waals surface area contributed by atoms with E-state index in [1.54, 1.807) is 0 Å². The second-order valence-electron chi connectivity index (χ2n) is 5.49. The third-order valence-corrected chi connectivity index (χ3v) is 3.74. The Hall–Kier alpha value is -2.64. The summed E-state index contributed by atoms with van der Waals surface area (Å²) in [5, 5.41) is 24.4. The number of carboxylic acid groups (broad SMARTS) is 1. The fraction of sp³-hybridized carbons (Fsp3) is 0.500. The molecule has 3 amide bonds. The zero-order valence-electron chi connectivity index (χ0n) is 14.2. The number of amides is 3. The van der Waals surface area contributed by atoms with E-state index in [1.807, 2.05) is 5.32 Å². The van der Waals surface area contributed by atoms with Gasteiger partial charge >= 0.3 is 5.97 Å². The van der Waals surface area contributed by atoms with Gasteiger partial charge in [-0.25, -0.2) is 4.98 Å². The molecule has 0 spiro atoms. The van der Waals surface area contributed by atoms with E-state index in [-0.39, 0.29) is 12.2 Å². The lowest BCUT2D eigenvalue weighted by atomic mass is 10.1. The maximum atomic E-state index is 12.2. The Morgan fingerprint density at radius 2 is 1.85 bits per heavy atom. The fourth-order valence-electron chi connectivity index (χ4n) is 1.95. The molecule has 1 rings (SSSR count). The first-order valence-electron chi connectivity index (χ1n) is 7.83. The topological polar surface area (TPSA) is 200 Å². The van der Waals surface area contributed by atoms with Crippen LogP contribution in [0.1, 0.15) is 5.69 Å². The number of nitrogens with one attached hydrogen (secondary N) is 4. The van der Waals surface area contributed by atoms with Crippen LogP contribution in [0.15, 0.2) is 12.5 Å².